The molecule has 0 fully saturated rings. The van der Waals surface area contributed by atoms with Crippen LogP contribution >= 0.6 is 0 Å². The van der Waals surface area contributed by atoms with Crippen molar-refractivity contribution >= 4 is 11.7 Å². The Bertz CT molecular complexity index is 361. The summed E-state index contributed by atoms with van der Waals surface area (Å²) in [6, 6.07) is 1.83. The average molecular weight is 194 g/mol. The molecule has 1 rings (SSSR count). The number of hydrogen-bond acceptors (Lipinski definition) is 4. The second kappa shape index (κ2) is 4.09. The number of carbonyl (C=O) groups excluding carboxylic acids is 1. The van der Waals surface area contributed by atoms with E-state index in [1.807, 2.05) is 19.9 Å². The summed E-state index contributed by atoms with van der Waals surface area (Å²) in [5, 5.41) is 0. The van der Waals surface area contributed by atoms with Crippen LogP contribution in [0.4, 0.5) is 5.69 Å². The van der Waals surface area contributed by atoms with Crippen LogP contribution in [0.25, 0.3) is 0 Å². The maximum absolute atomic E-state index is 11.4. The first-order valence-electron chi connectivity index (χ1n) is 4.47. The van der Waals surface area contributed by atoms with E-state index in [4.69, 9.17) is 10.5 Å². The molecule has 0 spiro atoms. The van der Waals surface area contributed by atoms with Crippen molar-refractivity contribution in [2.75, 3.05) is 12.3 Å². The molecule has 0 saturated heterocycles. The van der Waals surface area contributed by atoms with Gasteiger partial charge in [0, 0.05) is 5.69 Å². The number of nitrogens with zero attached hydrogens (tertiary/aromatic N) is 1. The summed E-state index contributed by atoms with van der Waals surface area (Å²) < 4.78 is 4.84. The Morgan fingerprint density at radius 2 is 2.21 bits per heavy atom. The molecule has 0 aliphatic carbocycles. The largest absolute Gasteiger partial charge is 0.461 e. The number of anilines is 1. The summed E-state index contributed by atoms with van der Waals surface area (Å²) in [7, 11) is 0. The van der Waals surface area contributed by atoms with Crippen molar-refractivity contribution in [1.82, 2.24) is 4.98 Å². The summed E-state index contributed by atoms with van der Waals surface area (Å²) in [5.41, 5.74) is 7.94. The summed E-state index contributed by atoms with van der Waals surface area (Å²) in [6.07, 6.45) is 0. The molecule has 4 heteroatoms. The number of pyridine rings is 1. The number of aryl methyl sites for hydroxylation is 2. The standard InChI is InChI=1S/C10H14N2O2/c1-4-14-10(13)9-8(11)6(2)5-7(3)12-9/h5H,4,11H2,1-3H3. The third-order valence-corrected chi connectivity index (χ3v) is 1.86. The molecule has 0 aliphatic rings. The summed E-state index contributed by atoms with van der Waals surface area (Å²) in [6.45, 7) is 5.73. The van der Waals surface area contributed by atoms with Crippen molar-refractivity contribution in [2.24, 2.45) is 0 Å². The Hall–Kier alpha value is -1.58. The van der Waals surface area contributed by atoms with E-state index in [-0.39, 0.29) is 5.69 Å². The number of ether oxygens (including phenoxy) is 1. The van der Waals surface area contributed by atoms with Gasteiger partial charge in [-0.2, -0.15) is 0 Å². The van der Waals surface area contributed by atoms with Crippen molar-refractivity contribution in [1.29, 1.82) is 0 Å². The quantitative estimate of drug-likeness (QED) is 0.724. The third-order valence-electron chi connectivity index (χ3n) is 1.86. The van der Waals surface area contributed by atoms with E-state index in [0.29, 0.717) is 12.3 Å². The maximum Gasteiger partial charge on any atom is 0.359 e. The molecule has 14 heavy (non-hydrogen) atoms. The van der Waals surface area contributed by atoms with Crippen LogP contribution in [0.5, 0.6) is 0 Å². The summed E-state index contributed by atoms with van der Waals surface area (Å²) in [5.74, 6) is -0.461. The summed E-state index contributed by atoms with van der Waals surface area (Å²) >= 11 is 0. The third kappa shape index (κ3) is 2.02. The van der Waals surface area contributed by atoms with Gasteiger partial charge in [0.15, 0.2) is 5.69 Å². The summed E-state index contributed by atoms with van der Waals surface area (Å²) in [4.78, 5) is 15.5. The SMILES string of the molecule is CCOC(=O)c1nc(C)cc(C)c1N. The minimum Gasteiger partial charge on any atom is -0.461 e. The van der Waals surface area contributed by atoms with Crippen LogP contribution in [0.1, 0.15) is 28.7 Å². The maximum atomic E-state index is 11.4. The van der Waals surface area contributed by atoms with E-state index in [2.05, 4.69) is 4.98 Å². The number of hydrogen-bond donors (Lipinski definition) is 1. The Morgan fingerprint density at radius 1 is 1.57 bits per heavy atom. The van der Waals surface area contributed by atoms with Gasteiger partial charge in [-0.1, -0.05) is 0 Å². The first-order chi connectivity index (χ1) is 6.56. The van der Waals surface area contributed by atoms with Crippen molar-refractivity contribution in [3.63, 3.8) is 0 Å². The van der Waals surface area contributed by atoms with Gasteiger partial charge in [-0.05, 0) is 32.4 Å². The molecule has 0 radical (unpaired) electrons. The van der Waals surface area contributed by atoms with E-state index in [9.17, 15) is 4.79 Å². The Balaban J connectivity index is 3.13. The van der Waals surface area contributed by atoms with E-state index >= 15 is 0 Å². The van der Waals surface area contributed by atoms with Crippen molar-refractivity contribution in [3.8, 4) is 0 Å². The van der Waals surface area contributed by atoms with Gasteiger partial charge in [0.2, 0.25) is 0 Å². The van der Waals surface area contributed by atoms with Gasteiger partial charge in [-0.15, -0.1) is 0 Å². The molecule has 4 nitrogen and oxygen atoms in total. The molecule has 2 N–H and O–H groups in total. The molecule has 0 bridgehead atoms. The number of nitrogens with two attached hydrogens (primary N) is 1. The molecule has 0 saturated carbocycles. The lowest BCUT2D eigenvalue weighted by atomic mass is 10.1. The molecule has 0 amide bonds. The predicted octanol–water partition coefficient (Wildman–Crippen LogP) is 1.46. The van der Waals surface area contributed by atoms with Gasteiger partial charge in [0.25, 0.3) is 0 Å². The van der Waals surface area contributed by atoms with E-state index in [1.54, 1.807) is 6.92 Å². The number of rotatable bonds is 2. The molecule has 0 atom stereocenters. The smallest absolute Gasteiger partial charge is 0.359 e. The van der Waals surface area contributed by atoms with Crippen LogP contribution in [0, 0.1) is 13.8 Å². The fourth-order valence-electron chi connectivity index (χ4n) is 1.20. The molecular formula is C10H14N2O2. The van der Waals surface area contributed by atoms with Crippen molar-refractivity contribution in [3.05, 3.63) is 23.0 Å². The average Bonchev–Trinajstić information content (AvgIpc) is 2.11. The zero-order chi connectivity index (χ0) is 10.7. The highest BCUT2D eigenvalue weighted by Crippen LogP contribution is 2.16. The van der Waals surface area contributed by atoms with Gasteiger partial charge in [-0.25, -0.2) is 9.78 Å². The van der Waals surface area contributed by atoms with E-state index < -0.39 is 5.97 Å². The molecular weight excluding hydrogens is 180 g/mol. The van der Waals surface area contributed by atoms with Crippen LogP contribution in [-0.4, -0.2) is 17.6 Å². The van der Waals surface area contributed by atoms with Gasteiger partial charge in [0.1, 0.15) is 0 Å². The molecule has 1 aromatic heterocycles. The Labute approximate surface area is 83.1 Å². The fourth-order valence-corrected chi connectivity index (χ4v) is 1.20. The molecule has 76 valence electrons. The molecule has 1 aromatic rings. The van der Waals surface area contributed by atoms with Crippen LogP contribution in [-0.2, 0) is 4.74 Å². The molecule has 0 aliphatic heterocycles. The van der Waals surface area contributed by atoms with Crippen LogP contribution < -0.4 is 5.73 Å². The lowest BCUT2D eigenvalue weighted by Crippen LogP contribution is -2.12. The molecule has 1 heterocycles. The van der Waals surface area contributed by atoms with Gasteiger partial charge >= 0.3 is 5.97 Å². The van der Waals surface area contributed by atoms with Gasteiger partial charge < -0.3 is 10.5 Å². The Kier molecular flexibility index (Phi) is 3.06. The lowest BCUT2D eigenvalue weighted by Gasteiger charge is -2.07. The van der Waals surface area contributed by atoms with Crippen LogP contribution in [0.15, 0.2) is 6.07 Å². The number of carbonyl (C=O) groups is 1. The normalized spacial score (nSPS) is 9.93. The molecule has 0 aromatic carbocycles. The number of nitrogen functional groups attached to an aromatic ring is 1. The molecule has 0 unspecified atom stereocenters. The lowest BCUT2D eigenvalue weighted by molar-refractivity contribution is 0.0520. The number of aromatic nitrogens is 1. The first-order valence-corrected chi connectivity index (χ1v) is 4.47. The monoisotopic (exact) mass is 194 g/mol. The highest BCUT2D eigenvalue weighted by atomic mass is 16.5. The van der Waals surface area contributed by atoms with Crippen molar-refractivity contribution in [2.45, 2.75) is 20.8 Å². The second-order valence-electron chi connectivity index (χ2n) is 3.06. The highest BCUT2D eigenvalue weighted by Gasteiger charge is 2.14. The number of esters is 1. The van der Waals surface area contributed by atoms with Gasteiger partial charge in [-0.3, -0.25) is 0 Å². The van der Waals surface area contributed by atoms with Crippen LogP contribution in [0.2, 0.25) is 0 Å². The minimum atomic E-state index is -0.461. The fraction of sp³-hybridized carbons (Fsp3) is 0.400. The first kappa shape index (κ1) is 10.5. The minimum absolute atomic E-state index is 0.212. The van der Waals surface area contributed by atoms with E-state index in [0.717, 1.165) is 11.3 Å². The van der Waals surface area contributed by atoms with Gasteiger partial charge in [0.05, 0.1) is 12.3 Å². The Morgan fingerprint density at radius 3 is 2.79 bits per heavy atom. The van der Waals surface area contributed by atoms with E-state index in [1.165, 1.54) is 0 Å². The topological polar surface area (TPSA) is 65.2 Å². The zero-order valence-corrected chi connectivity index (χ0v) is 8.63. The van der Waals surface area contributed by atoms with Crippen molar-refractivity contribution < 1.29 is 9.53 Å². The highest BCUT2D eigenvalue weighted by molar-refractivity contribution is 5.93. The second-order valence-corrected chi connectivity index (χ2v) is 3.06. The van der Waals surface area contributed by atoms with Crippen LogP contribution in [0.3, 0.4) is 0 Å². The zero-order valence-electron chi connectivity index (χ0n) is 8.63. The predicted molar refractivity (Wildman–Crippen MR) is 54.1 cm³/mol.